The molecule has 1 N–H and O–H groups in total. The second-order valence-corrected chi connectivity index (χ2v) is 9.53. The van der Waals surface area contributed by atoms with Crippen LogP contribution >= 0.6 is 17.9 Å². The van der Waals surface area contributed by atoms with E-state index in [0.717, 1.165) is 23.4 Å². The third-order valence-electron chi connectivity index (χ3n) is 3.45. The molecule has 1 saturated carbocycles. The number of anilines is 1. The Labute approximate surface area is 100 Å². The Balaban J connectivity index is 1.85. The van der Waals surface area contributed by atoms with Gasteiger partial charge in [0.25, 0.3) is 0 Å². The SMILES string of the molecule is O=P1(C2CCCCC2)Nc2ccccc2S1. The molecular formula is C12H16NOPS. The van der Waals surface area contributed by atoms with Gasteiger partial charge >= 0.3 is 0 Å². The normalized spacial score (nSPS) is 29.8. The first kappa shape index (κ1) is 10.7. The molecule has 3 rings (SSSR count). The zero-order chi connectivity index (χ0) is 11.0. The number of hydrogen-bond donors (Lipinski definition) is 1. The number of benzene rings is 1. The Kier molecular flexibility index (Phi) is 2.76. The van der Waals surface area contributed by atoms with Crippen molar-refractivity contribution >= 4 is 23.6 Å². The second kappa shape index (κ2) is 4.12. The van der Waals surface area contributed by atoms with E-state index in [9.17, 15) is 4.57 Å². The number of fused-ring (bicyclic) bond motifs is 1. The second-order valence-electron chi connectivity index (χ2n) is 4.59. The third kappa shape index (κ3) is 1.80. The molecule has 86 valence electrons. The molecule has 2 nitrogen and oxygen atoms in total. The first-order valence-corrected chi connectivity index (χ1v) is 9.14. The molecule has 1 aromatic carbocycles. The first-order chi connectivity index (χ1) is 7.78. The molecular weight excluding hydrogens is 237 g/mol. The fraction of sp³-hybridized carbons (Fsp3) is 0.500. The first-order valence-electron chi connectivity index (χ1n) is 5.94. The average Bonchev–Trinajstić information content (AvgIpc) is 2.68. The van der Waals surface area contributed by atoms with Crippen LogP contribution in [0, 0.1) is 0 Å². The maximum atomic E-state index is 12.9. The van der Waals surface area contributed by atoms with Gasteiger partial charge in [-0.2, -0.15) is 0 Å². The molecule has 1 unspecified atom stereocenters. The Bertz CT molecular complexity index is 413. The van der Waals surface area contributed by atoms with Crippen molar-refractivity contribution in [1.82, 2.24) is 0 Å². The summed E-state index contributed by atoms with van der Waals surface area (Å²) >= 11 is 1.59. The maximum Gasteiger partial charge on any atom is 0.231 e. The van der Waals surface area contributed by atoms with Crippen molar-refractivity contribution in [3.63, 3.8) is 0 Å². The van der Waals surface area contributed by atoms with Crippen LogP contribution in [-0.4, -0.2) is 5.66 Å². The van der Waals surface area contributed by atoms with E-state index in [-0.39, 0.29) is 0 Å². The van der Waals surface area contributed by atoms with Gasteiger partial charge in [0.2, 0.25) is 6.49 Å². The van der Waals surface area contributed by atoms with E-state index < -0.39 is 6.49 Å². The average molecular weight is 253 g/mol. The molecule has 0 saturated heterocycles. The molecule has 1 heterocycles. The summed E-state index contributed by atoms with van der Waals surface area (Å²) in [6.07, 6.45) is 6.06. The van der Waals surface area contributed by atoms with Crippen molar-refractivity contribution in [1.29, 1.82) is 0 Å². The van der Waals surface area contributed by atoms with Crippen LogP contribution in [0.3, 0.4) is 0 Å². The van der Waals surface area contributed by atoms with Crippen LogP contribution in [0.4, 0.5) is 5.69 Å². The molecule has 1 atom stereocenters. The lowest BCUT2D eigenvalue weighted by molar-refractivity contribution is 0.491. The quantitative estimate of drug-likeness (QED) is 0.733. The molecule has 0 amide bonds. The van der Waals surface area contributed by atoms with Crippen LogP contribution in [-0.2, 0) is 4.57 Å². The summed E-state index contributed by atoms with van der Waals surface area (Å²) in [7, 11) is 0. The van der Waals surface area contributed by atoms with E-state index in [0.29, 0.717) is 5.66 Å². The predicted octanol–water partition coefficient (Wildman–Crippen LogP) is 4.73. The van der Waals surface area contributed by atoms with Crippen molar-refractivity contribution in [2.45, 2.75) is 42.7 Å². The number of hydrogen-bond acceptors (Lipinski definition) is 2. The molecule has 4 heteroatoms. The zero-order valence-corrected chi connectivity index (χ0v) is 10.9. The highest BCUT2D eigenvalue weighted by Crippen LogP contribution is 2.72. The van der Waals surface area contributed by atoms with Gasteiger partial charge in [0, 0.05) is 10.6 Å². The highest BCUT2D eigenvalue weighted by molar-refractivity contribution is 8.59. The molecule has 0 radical (unpaired) electrons. The van der Waals surface area contributed by atoms with Gasteiger partial charge in [0.1, 0.15) is 0 Å². The summed E-state index contributed by atoms with van der Waals surface area (Å²) in [4.78, 5) is 1.16. The molecule has 0 spiro atoms. The van der Waals surface area contributed by atoms with E-state index in [1.165, 1.54) is 19.3 Å². The summed E-state index contributed by atoms with van der Waals surface area (Å²) < 4.78 is 12.9. The van der Waals surface area contributed by atoms with Gasteiger partial charge in [-0.25, -0.2) is 0 Å². The van der Waals surface area contributed by atoms with Crippen molar-refractivity contribution < 1.29 is 4.57 Å². The number of para-hydroxylation sites is 1. The minimum Gasteiger partial charge on any atom is -0.327 e. The standard InChI is InChI=1S/C12H16NOPS/c14-15(10-6-2-1-3-7-10)13-11-8-4-5-9-12(11)16-15/h4-5,8-10H,1-3,6-7H2,(H,13,14). The van der Waals surface area contributed by atoms with Crippen LogP contribution < -0.4 is 5.09 Å². The monoisotopic (exact) mass is 253 g/mol. The summed E-state index contributed by atoms with van der Waals surface area (Å²) in [5, 5.41) is 3.30. The Morgan fingerprint density at radius 2 is 1.94 bits per heavy atom. The van der Waals surface area contributed by atoms with Crippen LogP contribution in [0.15, 0.2) is 29.2 Å². The molecule has 16 heavy (non-hydrogen) atoms. The van der Waals surface area contributed by atoms with E-state index in [4.69, 9.17) is 0 Å². The summed E-state index contributed by atoms with van der Waals surface area (Å²) in [6, 6.07) is 8.12. The third-order valence-corrected chi connectivity index (χ3v) is 8.88. The molecule has 1 aliphatic heterocycles. The van der Waals surface area contributed by atoms with Gasteiger partial charge in [0.15, 0.2) is 0 Å². The van der Waals surface area contributed by atoms with Gasteiger partial charge < -0.3 is 5.09 Å². The van der Waals surface area contributed by atoms with Crippen LogP contribution in [0.2, 0.25) is 0 Å². The molecule has 1 aliphatic carbocycles. The molecule has 2 aliphatic rings. The zero-order valence-electron chi connectivity index (χ0n) is 9.19. The Morgan fingerprint density at radius 3 is 2.69 bits per heavy atom. The molecule has 1 fully saturated rings. The molecule has 1 aromatic rings. The van der Waals surface area contributed by atoms with Crippen molar-refractivity contribution in [3.05, 3.63) is 24.3 Å². The highest BCUT2D eigenvalue weighted by atomic mass is 32.7. The Morgan fingerprint density at radius 1 is 1.19 bits per heavy atom. The van der Waals surface area contributed by atoms with Crippen LogP contribution in [0.25, 0.3) is 0 Å². The number of nitrogens with one attached hydrogen (secondary N) is 1. The Hall–Kier alpha value is -0.400. The fourth-order valence-corrected chi connectivity index (χ4v) is 8.11. The minimum atomic E-state index is -2.26. The van der Waals surface area contributed by atoms with Gasteiger partial charge in [-0.05, 0) is 36.4 Å². The number of rotatable bonds is 1. The predicted molar refractivity (Wildman–Crippen MR) is 70.4 cm³/mol. The van der Waals surface area contributed by atoms with E-state index in [1.54, 1.807) is 11.4 Å². The van der Waals surface area contributed by atoms with Crippen molar-refractivity contribution in [2.75, 3.05) is 5.09 Å². The van der Waals surface area contributed by atoms with E-state index in [1.807, 2.05) is 18.2 Å². The highest BCUT2D eigenvalue weighted by Gasteiger charge is 2.39. The smallest absolute Gasteiger partial charge is 0.231 e. The minimum absolute atomic E-state index is 0.388. The maximum absolute atomic E-state index is 12.9. The lowest BCUT2D eigenvalue weighted by atomic mass is 10.0. The lowest BCUT2D eigenvalue weighted by Crippen LogP contribution is -2.13. The summed E-state index contributed by atoms with van der Waals surface area (Å²) in [5.41, 5.74) is 1.46. The van der Waals surface area contributed by atoms with Crippen molar-refractivity contribution in [2.24, 2.45) is 0 Å². The van der Waals surface area contributed by atoms with Gasteiger partial charge in [-0.3, -0.25) is 4.57 Å². The molecule has 0 bridgehead atoms. The van der Waals surface area contributed by atoms with Crippen LogP contribution in [0.1, 0.15) is 32.1 Å². The largest absolute Gasteiger partial charge is 0.327 e. The van der Waals surface area contributed by atoms with E-state index in [2.05, 4.69) is 11.2 Å². The van der Waals surface area contributed by atoms with Crippen LogP contribution in [0.5, 0.6) is 0 Å². The fourth-order valence-electron chi connectivity index (χ4n) is 2.56. The lowest BCUT2D eigenvalue weighted by Gasteiger charge is -2.26. The van der Waals surface area contributed by atoms with E-state index >= 15 is 0 Å². The van der Waals surface area contributed by atoms with Gasteiger partial charge in [0.05, 0.1) is 5.69 Å². The van der Waals surface area contributed by atoms with Gasteiger partial charge in [-0.15, -0.1) is 0 Å². The molecule has 0 aromatic heterocycles. The summed E-state index contributed by atoms with van der Waals surface area (Å²) in [5.74, 6) is 0. The van der Waals surface area contributed by atoms with Gasteiger partial charge in [-0.1, -0.05) is 31.4 Å². The summed E-state index contributed by atoms with van der Waals surface area (Å²) in [6.45, 7) is -2.26. The topological polar surface area (TPSA) is 29.1 Å². The van der Waals surface area contributed by atoms with Crippen molar-refractivity contribution in [3.8, 4) is 0 Å².